The molecule has 1 saturated heterocycles. The van der Waals surface area contributed by atoms with Gasteiger partial charge < -0.3 is 5.32 Å². The summed E-state index contributed by atoms with van der Waals surface area (Å²) in [6.07, 6.45) is 1.66. The van der Waals surface area contributed by atoms with E-state index in [1.807, 2.05) is 18.2 Å². The fourth-order valence-corrected chi connectivity index (χ4v) is 1.62. The molecule has 1 aromatic carbocycles. The van der Waals surface area contributed by atoms with Gasteiger partial charge >= 0.3 is 0 Å². The van der Waals surface area contributed by atoms with Crippen molar-refractivity contribution < 1.29 is 4.79 Å². The smallest absolute Gasteiger partial charge is 0.273 e. The zero-order valence-corrected chi connectivity index (χ0v) is 9.15. The van der Waals surface area contributed by atoms with E-state index in [2.05, 4.69) is 10.6 Å². The van der Waals surface area contributed by atoms with Gasteiger partial charge in [0.2, 0.25) is 0 Å². The second-order valence-corrected chi connectivity index (χ2v) is 3.80. The monoisotopic (exact) mass is 238 g/mol. The molecule has 3 nitrogen and oxygen atoms in total. The number of carbonyl (C=O) groups is 1. The third-order valence-electron chi connectivity index (χ3n) is 1.92. The molecule has 0 atom stereocenters. The van der Waals surface area contributed by atoms with Gasteiger partial charge in [0.15, 0.2) is 5.11 Å². The van der Waals surface area contributed by atoms with E-state index < -0.39 is 0 Å². The van der Waals surface area contributed by atoms with Gasteiger partial charge in [0.25, 0.3) is 5.91 Å². The maximum Gasteiger partial charge on any atom is 0.273 e. The van der Waals surface area contributed by atoms with Crippen molar-refractivity contribution in [2.75, 3.05) is 0 Å². The third kappa shape index (κ3) is 2.16. The minimum atomic E-state index is -0.236. The summed E-state index contributed by atoms with van der Waals surface area (Å²) in [6, 6.07) is 7.27. The maximum absolute atomic E-state index is 11.3. The van der Waals surface area contributed by atoms with Crippen molar-refractivity contribution in [3.05, 3.63) is 40.5 Å². The fraction of sp³-hybridized carbons (Fsp3) is 0. The first-order valence-corrected chi connectivity index (χ1v) is 5.04. The van der Waals surface area contributed by atoms with Gasteiger partial charge in [-0.15, -0.1) is 0 Å². The first-order chi connectivity index (χ1) is 7.16. The van der Waals surface area contributed by atoms with E-state index in [4.69, 9.17) is 23.8 Å². The summed E-state index contributed by atoms with van der Waals surface area (Å²) in [7, 11) is 0. The average molecular weight is 239 g/mol. The lowest BCUT2D eigenvalue weighted by molar-refractivity contribution is -0.115. The van der Waals surface area contributed by atoms with E-state index in [9.17, 15) is 4.79 Å². The van der Waals surface area contributed by atoms with Gasteiger partial charge in [0.05, 0.1) is 0 Å². The summed E-state index contributed by atoms with van der Waals surface area (Å²) in [4.78, 5) is 11.3. The van der Waals surface area contributed by atoms with Crippen LogP contribution in [0.25, 0.3) is 6.08 Å². The van der Waals surface area contributed by atoms with Crippen LogP contribution in [0.5, 0.6) is 0 Å². The Bertz CT molecular complexity index is 470. The first-order valence-electron chi connectivity index (χ1n) is 4.25. The number of hydrogen-bond acceptors (Lipinski definition) is 2. The molecule has 0 aliphatic carbocycles. The molecule has 0 unspecified atom stereocenters. The molecule has 2 rings (SSSR count). The van der Waals surface area contributed by atoms with Gasteiger partial charge in [0.1, 0.15) is 5.70 Å². The Morgan fingerprint density at radius 3 is 2.60 bits per heavy atom. The molecule has 1 fully saturated rings. The fourth-order valence-electron chi connectivity index (χ4n) is 1.23. The highest BCUT2D eigenvalue weighted by molar-refractivity contribution is 7.80. The summed E-state index contributed by atoms with van der Waals surface area (Å²) < 4.78 is 0. The lowest BCUT2D eigenvalue weighted by Crippen LogP contribution is -2.21. The van der Waals surface area contributed by atoms with Crippen LogP contribution in [-0.2, 0) is 4.79 Å². The Labute approximate surface area is 97.1 Å². The molecule has 0 bridgehead atoms. The second-order valence-electron chi connectivity index (χ2n) is 2.99. The Balaban J connectivity index is 2.35. The zero-order valence-electron chi connectivity index (χ0n) is 7.58. The average Bonchev–Trinajstić information content (AvgIpc) is 2.49. The third-order valence-corrected chi connectivity index (χ3v) is 2.47. The molecular formula is C10H7ClN2OS. The van der Waals surface area contributed by atoms with E-state index in [-0.39, 0.29) is 5.91 Å². The predicted molar refractivity (Wildman–Crippen MR) is 63.3 cm³/mol. The summed E-state index contributed by atoms with van der Waals surface area (Å²) >= 11 is 10.8. The number of nitrogens with one attached hydrogen (secondary N) is 2. The molecule has 2 N–H and O–H groups in total. The summed E-state index contributed by atoms with van der Waals surface area (Å²) in [5.74, 6) is -0.236. The topological polar surface area (TPSA) is 41.1 Å². The van der Waals surface area contributed by atoms with Crippen LogP contribution in [0.15, 0.2) is 30.0 Å². The minimum absolute atomic E-state index is 0.236. The molecule has 1 heterocycles. The van der Waals surface area contributed by atoms with Crippen LogP contribution in [-0.4, -0.2) is 11.0 Å². The summed E-state index contributed by atoms with van der Waals surface area (Å²) in [5.41, 5.74) is 1.19. The number of rotatable bonds is 1. The van der Waals surface area contributed by atoms with Crippen molar-refractivity contribution in [1.29, 1.82) is 0 Å². The number of amides is 1. The van der Waals surface area contributed by atoms with Crippen molar-refractivity contribution in [1.82, 2.24) is 10.6 Å². The SMILES string of the molecule is O=C1NC(=S)N/C1=C/c1ccccc1Cl. The van der Waals surface area contributed by atoms with Crippen LogP contribution in [0.4, 0.5) is 0 Å². The van der Waals surface area contributed by atoms with Crippen molar-refractivity contribution in [3.8, 4) is 0 Å². The molecule has 5 heteroatoms. The van der Waals surface area contributed by atoms with Crippen LogP contribution in [0.3, 0.4) is 0 Å². The second kappa shape index (κ2) is 4.00. The van der Waals surface area contributed by atoms with Crippen LogP contribution in [0, 0.1) is 0 Å². The number of carbonyl (C=O) groups excluding carboxylic acids is 1. The Hall–Kier alpha value is -1.39. The van der Waals surface area contributed by atoms with E-state index in [0.717, 1.165) is 5.56 Å². The van der Waals surface area contributed by atoms with Gasteiger partial charge in [0, 0.05) is 5.02 Å². The molecule has 1 amide bonds. The van der Waals surface area contributed by atoms with E-state index >= 15 is 0 Å². The number of hydrogen-bond donors (Lipinski definition) is 2. The van der Waals surface area contributed by atoms with Gasteiger partial charge in [-0.3, -0.25) is 10.1 Å². The largest absolute Gasteiger partial charge is 0.328 e. The number of halogens is 1. The van der Waals surface area contributed by atoms with Crippen LogP contribution in [0.1, 0.15) is 5.56 Å². The minimum Gasteiger partial charge on any atom is -0.328 e. The molecule has 1 aliphatic heterocycles. The highest BCUT2D eigenvalue weighted by Crippen LogP contribution is 2.18. The van der Waals surface area contributed by atoms with E-state index in [1.54, 1.807) is 12.1 Å². The molecule has 1 aliphatic rings. The summed E-state index contributed by atoms with van der Waals surface area (Å²) in [5, 5.41) is 6.14. The number of thiocarbonyl (C=S) groups is 1. The van der Waals surface area contributed by atoms with Gasteiger partial charge in [-0.1, -0.05) is 29.8 Å². The highest BCUT2D eigenvalue weighted by Gasteiger charge is 2.19. The molecule has 0 saturated carbocycles. The van der Waals surface area contributed by atoms with Crippen molar-refractivity contribution in [2.45, 2.75) is 0 Å². The molecule has 0 aromatic heterocycles. The molecule has 76 valence electrons. The van der Waals surface area contributed by atoms with Crippen LogP contribution >= 0.6 is 23.8 Å². The molecule has 15 heavy (non-hydrogen) atoms. The Morgan fingerprint density at radius 1 is 1.27 bits per heavy atom. The normalized spacial score (nSPS) is 17.8. The maximum atomic E-state index is 11.3. The van der Waals surface area contributed by atoms with Gasteiger partial charge in [-0.25, -0.2) is 0 Å². The Kier molecular flexibility index (Phi) is 2.70. The zero-order chi connectivity index (χ0) is 10.8. The van der Waals surface area contributed by atoms with E-state index in [1.165, 1.54) is 0 Å². The van der Waals surface area contributed by atoms with Crippen LogP contribution < -0.4 is 10.6 Å². The van der Waals surface area contributed by atoms with Crippen molar-refractivity contribution in [2.24, 2.45) is 0 Å². The van der Waals surface area contributed by atoms with Gasteiger partial charge in [-0.2, -0.15) is 0 Å². The van der Waals surface area contributed by atoms with Crippen molar-refractivity contribution >= 4 is 40.9 Å². The van der Waals surface area contributed by atoms with Crippen LogP contribution in [0.2, 0.25) is 5.02 Å². The Morgan fingerprint density at radius 2 is 2.00 bits per heavy atom. The predicted octanol–water partition coefficient (Wildman–Crippen LogP) is 1.69. The van der Waals surface area contributed by atoms with E-state index in [0.29, 0.717) is 15.8 Å². The number of benzene rings is 1. The lowest BCUT2D eigenvalue weighted by atomic mass is 10.2. The first kappa shape index (κ1) is 10.1. The lowest BCUT2D eigenvalue weighted by Gasteiger charge is -1.98. The summed E-state index contributed by atoms with van der Waals surface area (Å²) in [6.45, 7) is 0. The van der Waals surface area contributed by atoms with Crippen molar-refractivity contribution in [3.63, 3.8) is 0 Å². The quantitative estimate of drug-likeness (QED) is 0.578. The highest BCUT2D eigenvalue weighted by atomic mass is 35.5. The molecular weight excluding hydrogens is 232 g/mol. The van der Waals surface area contributed by atoms with Gasteiger partial charge in [-0.05, 0) is 29.9 Å². The molecule has 0 spiro atoms. The molecule has 0 radical (unpaired) electrons. The standard InChI is InChI=1S/C10H7ClN2OS/c11-7-4-2-1-3-6(7)5-8-9(14)13-10(15)12-8/h1-5H,(H2,12,13,14,15)/b8-5+. The molecule has 1 aromatic rings.